The minimum atomic E-state index is -0.105. The van der Waals surface area contributed by atoms with E-state index < -0.39 is 0 Å². The molecule has 1 saturated carbocycles. The van der Waals surface area contributed by atoms with Crippen molar-refractivity contribution in [2.75, 3.05) is 31.2 Å². The first-order chi connectivity index (χ1) is 9.76. The van der Waals surface area contributed by atoms with E-state index in [0.717, 1.165) is 23.8 Å². The van der Waals surface area contributed by atoms with Crippen molar-refractivity contribution >= 4 is 17.3 Å². The maximum Gasteiger partial charge on any atom is 0.0980 e. The summed E-state index contributed by atoms with van der Waals surface area (Å²) in [5.41, 5.74) is 2.42. The second-order valence-electron chi connectivity index (χ2n) is 5.55. The monoisotopic (exact) mass is 296 g/mol. The number of hydrogen-bond donors (Lipinski definition) is 2. The zero-order chi connectivity index (χ0) is 13.9. The summed E-state index contributed by atoms with van der Waals surface area (Å²) in [6.45, 7) is 3.14. The third-order valence-electron chi connectivity index (χ3n) is 3.89. The Kier molecular flexibility index (Phi) is 4.46. The summed E-state index contributed by atoms with van der Waals surface area (Å²) in [7, 11) is 0. The van der Waals surface area contributed by atoms with Crippen LogP contribution in [0.3, 0.4) is 0 Å². The molecule has 3 rings (SSSR count). The smallest absolute Gasteiger partial charge is 0.0980 e. The van der Waals surface area contributed by atoms with Gasteiger partial charge < -0.3 is 20.1 Å². The van der Waals surface area contributed by atoms with Crippen LogP contribution in [0.25, 0.3) is 0 Å². The van der Waals surface area contributed by atoms with E-state index in [2.05, 4.69) is 16.3 Å². The number of ether oxygens (including phenoxy) is 1. The Morgan fingerprint density at radius 3 is 3.00 bits per heavy atom. The lowest BCUT2D eigenvalue weighted by atomic mass is 10.1. The van der Waals surface area contributed by atoms with Crippen molar-refractivity contribution in [1.82, 2.24) is 5.32 Å². The molecule has 20 heavy (non-hydrogen) atoms. The Hall–Kier alpha value is -0.810. The van der Waals surface area contributed by atoms with Gasteiger partial charge in [-0.3, -0.25) is 0 Å². The summed E-state index contributed by atoms with van der Waals surface area (Å²) >= 11 is 6.15. The van der Waals surface area contributed by atoms with E-state index in [1.165, 1.54) is 18.4 Å². The van der Waals surface area contributed by atoms with E-state index in [0.29, 0.717) is 19.2 Å². The van der Waals surface area contributed by atoms with Gasteiger partial charge in [0.25, 0.3) is 0 Å². The molecule has 110 valence electrons. The highest BCUT2D eigenvalue weighted by atomic mass is 35.5. The Bertz CT molecular complexity index is 465. The highest BCUT2D eigenvalue weighted by molar-refractivity contribution is 6.30. The summed E-state index contributed by atoms with van der Waals surface area (Å²) in [6, 6.07) is 6.74. The minimum absolute atomic E-state index is 0.0622. The number of rotatable bonds is 5. The molecule has 2 N–H and O–H groups in total. The molecule has 1 aromatic rings. The molecule has 1 aromatic carbocycles. The predicted octanol–water partition coefficient (Wildman–Crippen LogP) is 1.79. The minimum Gasteiger partial charge on any atom is -0.394 e. The molecule has 1 atom stereocenters. The average molecular weight is 297 g/mol. The van der Waals surface area contributed by atoms with Gasteiger partial charge in [-0.15, -0.1) is 0 Å². The van der Waals surface area contributed by atoms with E-state index in [4.69, 9.17) is 16.3 Å². The van der Waals surface area contributed by atoms with Gasteiger partial charge in [0.15, 0.2) is 0 Å². The standard InChI is InChI=1S/C15H21ClN2O2/c16-12-2-1-11(8-17-13-3-4-13)15(7-12)18-5-6-20-14(9-18)10-19/h1-2,7,13-14,17,19H,3-6,8-10H2. The Morgan fingerprint density at radius 2 is 2.25 bits per heavy atom. The summed E-state index contributed by atoms with van der Waals surface area (Å²) in [5.74, 6) is 0. The zero-order valence-electron chi connectivity index (χ0n) is 11.5. The molecule has 2 aliphatic rings. The molecular weight excluding hydrogens is 276 g/mol. The molecule has 1 aliphatic heterocycles. The molecule has 0 bridgehead atoms. The fourth-order valence-electron chi connectivity index (χ4n) is 2.57. The van der Waals surface area contributed by atoms with Crippen LogP contribution in [0.15, 0.2) is 18.2 Å². The van der Waals surface area contributed by atoms with Crippen LogP contribution in [0.1, 0.15) is 18.4 Å². The van der Waals surface area contributed by atoms with Crippen LogP contribution >= 0.6 is 11.6 Å². The van der Waals surface area contributed by atoms with Crippen molar-refractivity contribution in [2.45, 2.75) is 31.5 Å². The van der Waals surface area contributed by atoms with Gasteiger partial charge in [0, 0.05) is 36.4 Å². The second kappa shape index (κ2) is 6.31. The third kappa shape index (κ3) is 3.44. The lowest BCUT2D eigenvalue weighted by Gasteiger charge is -2.35. The van der Waals surface area contributed by atoms with Crippen molar-refractivity contribution in [3.63, 3.8) is 0 Å². The topological polar surface area (TPSA) is 44.7 Å². The van der Waals surface area contributed by atoms with E-state index in [1.807, 2.05) is 12.1 Å². The number of nitrogens with one attached hydrogen (secondary N) is 1. The lowest BCUT2D eigenvalue weighted by molar-refractivity contribution is 0.00352. The number of anilines is 1. The Morgan fingerprint density at radius 1 is 1.40 bits per heavy atom. The molecule has 4 nitrogen and oxygen atoms in total. The van der Waals surface area contributed by atoms with Crippen LogP contribution < -0.4 is 10.2 Å². The molecule has 0 amide bonds. The maximum absolute atomic E-state index is 9.27. The van der Waals surface area contributed by atoms with Gasteiger partial charge in [-0.05, 0) is 30.5 Å². The Labute approximate surface area is 124 Å². The third-order valence-corrected chi connectivity index (χ3v) is 4.12. The van der Waals surface area contributed by atoms with Gasteiger partial charge in [-0.2, -0.15) is 0 Å². The molecule has 0 aromatic heterocycles. The second-order valence-corrected chi connectivity index (χ2v) is 5.99. The number of aliphatic hydroxyl groups is 1. The fourth-order valence-corrected chi connectivity index (χ4v) is 2.74. The highest BCUT2D eigenvalue weighted by Gasteiger charge is 2.24. The molecule has 1 heterocycles. The van der Waals surface area contributed by atoms with E-state index in [9.17, 15) is 5.11 Å². The molecule has 1 unspecified atom stereocenters. The van der Waals surface area contributed by atoms with Crippen LogP contribution in [0.5, 0.6) is 0 Å². The lowest BCUT2D eigenvalue weighted by Crippen LogP contribution is -2.44. The van der Waals surface area contributed by atoms with E-state index in [1.54, 1.807) is 0 Å². The van der Waals surface area contributed by atoms with Crippen LogP contribution in [0, 0.1) is 0 Å². The molecule has 1 aliphatic carbocycles. The summed E-state index contributed by atoms with van der Waals surface area (Å²) in [4.78, 5) is 2.26. The average Bonchev–Trinajstić information content (AvgIpc) is 3.30. The maximum atomic E-state index is 9.27. The van der Waals surface area contributed by atoms with Crippen molar-refractivity contribution in [2.24, 2.45) is 0 Å². The SMILES string of the molecule is OCC1CN(c2cc(Cl)ccc2CNC2CC2)CCO1. The number of hydrogen-bond acceptors (Lipinski definition) is 4. The zero-order valence-corrected chi connectivity index (χ0v) is 12.3. The van der Waals surface area contributed by atoms with E-state index in [-0.39, 0.29) is 12.7 Å². The molecule has 5 heteroatoms. The number of benzene rings is 1. The summed E-state index contributed by atoms with van der Waals surface area (Å²) in [5, 5.41) is 13.6. The molecule has 0 spiro atoms. The van der Waals surface area contributed by atoms with Crippen LogP contribution in [0.4, 0.5) is 5.69 Å². The fraction of sp³-hybridized carbons (Fsp3) is 0.600. The van der Waals surface area contributed by atoms with Gasteiger partial charge in [0.1, 0.15) is 0 Å². The molecular formula is C15H21ClN2O2. The number of morpholine rings is 1. The van der Waals surface area contributed by atoms with Crippen LogP contribution in [-0.4, -0.2) is 43.6 Å². The largest absolute Gasteiger partial charge is 0.394 e. The number of halogens is 1. The van der Waals surface area contributed by atoms with Crippen molar-refractivity contribution in [1.29, 1.82) is 0 Å². The number of nitrogens with zero attached hydrogens (tertiary/aromatic N) is 1. The van der Waals surface area contributed by atoms with Gasteiger partial charge in [0.2, 0.25) is 0 Å². The molecule has 2 fully saturated rings. The molecule has 1 saturated heterocycles. The highest BCUT2D eigenvalue weighted by Crippen LogP contribution is 2.28. The summed E-state index contributed by atoms with van der Waals surface area (Å²) < 4.78 is 5.52. The van der Waals surface area contributed by atoms with E-state index >= 15 is 0 Å². The van der Waals surface area contributed by atoms with Crippen LogP contribution in [-0.2, 0) is 11.3 Å². The molecule has 0 radical (unpaired) electrons. The first-order valence-electron chi connectivity index (χ1n) is 7.25. The van der Waals surface area contributed by atoms with Crippen LogP contribution in [0.2, 0.25) is 5.02 Å². The van der Waals surface area contributed by atoms with Gasteiger partial charge >= 0.3 is 0 Å². The van der Waals surface area contributed by atoms with Crippen molar-refractivity contribution < 1.29 is 9.84 Å². The summed E-state index contributed by atoms with van der Waals surface area (Å²) in [6.07, 6.45) is 2.46. The normalized spacial score (nSPS) is 23.1. The number of aliphatic hydroxyl groups excluding tert-OH is 1. The first-order valence-corrected chi connectivity index (χ1v) is 7.63. The van der Waals surface area contributed by atoms with Gasteiger partial charge in [0.05, 0.1) is 19.3 Å². The van der Waals surface area contributed by atoms with Gasteiger partial charge in [-0.1, -0.05) is 17.7 Å². The quantitative estimate of drug-likeness (QED) is 0.869. The van der Waals surface area contributed by atoms with Crippen molar-refractivity contribution in [3.05, 3.63) is 28.8 Å². The Balaban J connectivity index is 1.76. The van der Waals surface area contributed by atoms with Gasteiger partial charge in [-0.25, -0.2) is 0 Å². The predicted molar refractivity (Wildman–Crippen MR) is 80.4 cm³/mol. The first kappa shape index (κ1) is 14.1. The van der Waals surface area contributed by atoms with Crippen molar-refractivity contribution in [3.8, 4) is 0 Å².